The summed E-state index contributed by atoms with van der Waals surface area (Å²) in [5.41, 5.74) is 0. The molecule has 1 fully saturated rings. The third kappa shape index (κ3) is 4.10. The number of hydrogen-bond donors (Lipinski definition) is 2. The number of carbonyl (C=O) groups is 1. The van der Waals surface area contributed by atoms with E-state index in [1.54, 1.807) is 0 Å². The molecule has 4 heteroatoms. The zero-order chi connectivity index (χ0) is 12.0. The average molecular weight is 228 g/mol. The number of aliphatic hydroxyl groups excluding tert-OH is 1. The van der Waals surface area contributed by atoms with Crippen molar-refractivity contribution in [2.24, 2.45) is 5.92 Å². The van der Waals surface area contributed by atoms with Crippen molar-refractivity contribution in [2.75, 3.05) is 26.2 Å². The van der Waals surface area contributed by atoms with Crippen LogP contribution in [0.1, 0.15) is 33.1 Å². The number of carbonyl (C=O) groups excluding carboxylic acids is 1. The highest BCUT2D eigenvalue weighted by atomic mass is 16.3. The molecule has 1 rings (SSSR count). The first-order valence-electron chi connectivity index (χ1n) is 6.35. The van der Waals surface area contributed by atoms with Crippen LogP contribution in [0.3, 0.4) is 0 Å². The van der Waals surface area contributed by atoms with Crippen molar-refractivity contribution in [2.45, 2.75) is 39.2 Å². The summed E-state index contributed by atoms with van der Waals surface area (Å²) < 4.78 is 0. The number of aliphatic hydroxyl groups is 1. The monoisotopic (exact) mass is 228 g/mol. The predicted octanol–water partition coefficient (Wildman–Crippen LogP) is 0.605. The van der Waals surface area contributed by atoms with Gasteiger partial charge in [0.2, 0.25) is 5.91 Å². The molecule has 0 spiro atoms. The van der Waals surface area contributed by atoms with E-state index in [0.29, 0.717) is 6.54 Å². The molecule has 1 aliphatic heterocycles. The van der Waals surface area contributed by atoms with Gasteiger partial charge < -0.3 is 15.3 Å². The van der Waals surface area contributed by atoms with Crippen molar-refractivity contribution in [1.82, 2.24) is 10.2 Å². The molecular weight excluding hydrogens is 204 g/mol. The van der Waals surface area contributed by atoms with E-state index in [0.717, 1.165) is 38.9 Å². The Labute approximate surface area is 98.0 Å². The van der Waals surface area contributed by atoms with E-state index in [4.69, 9.17) is 0 Å². The molecule has 0 bridgehead atoms. The molecule has 4 nitrogen and oxygen atoms in total. The number of rotatable bonds is 5. The lowest BCUT2D eigenvalue weighted by Gasteiger charge is -2.32. The molecule has 94 valence electrons. The molecular formula is C12H24N2O2. The Bertz CT molecular complexity index is 213. The largest absolute Gasteiger partial charge is 0.392 e. The van der Waals surface area contributed by atoms with Crippen LogP contribution in [0.25, 0.3) is 0 Å². The minimum Gasteiger partial charge on any atom is -0.392 e. The first kappa shape index (κ1) is 13.5. The second-order valence-electron chi connectivity index (χ2n) is 4.53. The van der Waals surface area contributed by atoms with Gasteiger partial charge in [0.15, 0.2) is 0 Å². The van der Waals surface area contributed by atoms with Crippen LogP contribution >= 0.6 is 0 Å². The van der Waals surface area contributed by atoms with Gasteiger partial charge in [-0.1, -0.05) is 6.92 Å². The maximum Gasteiger partial charge on any atom is 0.223 e. The number of β-amino-alcohol motifs (C(OH)–C–C–N with tert-alkyl or cyclic N) is 1. The van der Waals surface area contributed by atoms with Crippen molar-refractivity contribution < 1.29 is 9.90 Å². The zero-order valence-electron chi connectivity index (χ0n) is 10.4. The number of likely N-dealkylation sites (tertiary alicyclic amines) is 1. The minimum atomic E-state index is -0.221. The standard InChI is InChI=1S/C12H24N2O2/c1-3-11(15)9-14-7-5-10(6-8-14)12(16)13-4-2/h10-11,15H,3-9H2,1-2H3,(H,13,16)/t11-/m1/s1. The fourth-order valence-corrected chi connectivity index (χ4v) is 2.12. The summed E-state index contributed by atoms with van der Waals surface area (Å²) in [5, 5.41) is 12.4. The van der Waals surface area contributed by atoms with Crippen LogP contribution in [0.2, 0.25) is 0 Å². The summed E-state index contributed by atoms with van der Waals surface area (Å²) in [7, 11) is 0. The van der Waals surface area contributed by atoms with Gasteiger partial charge in [0.25, 0.3) is 0 Å². The summed E-state index contributed by atoms with van der Waals surface area (Å²) in [4.78, 5) is 13.9. The first-order valence-corrected chi connectivity index (χ1v) is 6.35. The van der Waals surface area contributed by atoms with Gasteiger partial charge in [0, 0.05) is 19.0 Å². The van der Waals surface area contributed by atoms with Crippen molar-refractivity contribution in [3.63, 3.8) is 0 Å². The van der Waals surface area contributed by atoms with Gasteiger partial charge >= 0.3 is 0 Å². The van der Waals surface area contributed by atoms with E-state index in [-0.39, 0.29) is 17.9 Å². The second-order valence-corrected chi connectivity index (χ2v) is 4.53. The summed E-state index contributed by atoms with van der Waals surface area (Å²) >= 11 is 0. The van der Waals surface area contributed by atoms with Crippen LogP contribution in [-0.4, -0.2) is 48.2 Å². The summed E-state index contributed by atoms with van der Waals surface area (Å²) in [6, 6.07) is 0. The maximum atomic E-state index is 11.6. The highest BCUT2D eigenvalue weighted by molar-refractivity contribution is 5.78. The summed E-state index contributed by atoms with van der Waals surface area (Å²) in [5.74, 6) is 0.369. The van der Waals surface area contributed by atoms with Crippen molar-refractivity contribution >= 4 is 5.91 Å². The van der Waals surface area contributed by atoms with E-state index in [1.165, 1.54) is 0 Å². The zero-order valence-corrected chi connectivity index (χ0v) is 10.4. The van der Waals surface area contributed by atoms with Crippen molar-refractivity contribution in [1.29, 1.82) is 0 Å². The lowest BCUT2D eigenvalue weighted by Crippen LogP contribution is -2.42. The number of nitrogens with zero attached hydrogens (tertiary/aromatic N) is 1. The number of piperidine rings is 1. The molecule has 0 aromatic carbocycles. The van der Waals surface area contributed by atoms with Gasteiger partial charge in [-0.15, -0.1) is 0 Å². The Morgan fingerprint density at radius 2 is 2.06 bits per heavy atom. The normalized spacial score (nSPS) is 20.7. The summed E-state index contributed by atoms with van der Waals surface area (Å²) in [6.45, 7) is 7.26. The van der Waals surface area contributed by atoms with E-state index in [9.17, 15) is 9.90 Å². The molecule has 1 saturated heterocycles. The fraction of sp³-hybridized carbons (Fsp3) is 0.917. The lowest BCUT2D eigenvalue weighted by molar-refractivity contribution is -0.126. The van der Waals surface area contributed by atoms with Crippen LogP contribution in [0.5, 0.6) is 0 Å². The minimum absolute atomic E-state index is 0.176. The Balaban J connectivity index is 2.25. The maximum absolute atomic E-state index is 11.6. The Morgan fingerprint density at radius 1 is 1.44 bits per heavy atom. The van der Waals surface area contributed by atoms with E-state index in [2.05, 4.69) is 10.2 Å². The number of amides is 1. The van der Waals surface area contributed by atoms with E-state index < -0.39 is 0 Å². The molecule has 16 heavy (non-hydrogen) atoms. The van der Waals surface area contributed by atoms with Crippen LogP contribution in [0.15, 0.2) is 0 Å². The lowest BCUT2D eigenvalue weighted by atomic mass is 9.95. The van der Waals surface area contributed by atoms with Crippen LogP contribution < -0.4 is 5.32 Å². The average Bonchev–Trinajstić information content (AvgIpc) is 2.30. The van der Waals surface area contributed by atoms with Gasteiger partial charge in [-0.3, -0.25) is 4.79 Å². The Kier molecular flexibility index (Phi) is 5.77. The molecule has 1 amide bonds. The van der Waals surface area contributed by atoms with E-state index >= 15 is 0 Å². The molecule has 0 aliphatic carbocycles. The first-order chi connectivity index (χ1) is 7.67. The van der Waals surface area contributed by atoms with Crippen LogP contribution in [-0.2, 0) is 4.79 Å². The molecule has 0 aromatic rings. The molecule has 0 saturated carbocycles. The third-order valence-electron chi connectivity index (χ3n) is 3.25. The molecule has 1 atom stereocenters. The Hall–Kier alpha value is -0.610. The predicted molar refractivity (Wildman–Crippen MR) is 64.1 cm³/mol. The molecule has 0 unspecified atom stereocenters. The smallest absolute Gasteiger partial charge is 0.223 e. The van der Waals surface area contributed by atoms with E-state index in [1.807, 2.05) is 13.8 Å². The fourth-order valence-electron chi connectivity index (χ4n) is 2.12. The Morgan fingerprint density at radius 3 is 2.56 bits per heavy atom. The van der Waals surface area contributed by atoms with Crippen LogP contribution in [0.4, 0.5) is 0 Å². The molecule has 0 radical (unpaired) electrons. The molecule has 0 aromatic heterocycles. The number of hydrogen-bond acceptors (Lipinski definition) is 3. The molecule has 1 aliphatic rings. The van der Waals surface area contributed by atoms with Crippen molar-refractivity contribution in [3.8, 4) is 0 Å². The SMILES string of the molecule is CCNC(=O)C1CCN(C[C@H](O)CC)CC1. The van der Waals surface area contributed by atoms with Gasteiger partial charge in [0.1, 0.15) is 0 Å². The quantitative estimate of drug-likeness (QED) is 0.725. The molecule has 1 heterocycles. The van der Waals surface area contributed by atoms with Crippen molar-refractivity contribution in [3.05, 3.63) is 0 Å². The highest BCUT2D eigenvalue weighted by Crippen LogP contribution is 2.17. The number of nitrogens with one attached hydrogen (secondary N) is 1. The summed E-state index contributed by atoms with van der Waals surface area (Å²) in [6.07, 6.45) is 2.42. The second kappa shape index (κ2) is 6.86. The molecule has 2 N–H and O–H groups in total. The van der Waals surface area contributed by atoms with Gasteiger partial charge in [0.05, 0.1) is 6.10 Å². The topological polar surface area (TPSA) is 52.6 Å². The highest BCUT2D eigenvalue weighted by Gasteiger charge is 2.24. The van der Waals surface area contributed by atoms with Gasteiger partial charge in [-0.05, 0) is 39.3 Å². The van der Waals surface area contributed by atoms with Gasteiger partial charge in [-0.2, -0.15) is 0 Å². The van der Waals surface area contributed by atoms with Crippen LogP contribution in [0, 0.1) is 5.92 Å². The third-order valence-corrected chi connectivity index (χ3v) is 3.25. The van der Waals surface area contributed by atoms with Gasteiger partial charge in [-0.25, -0.2) is 0 Å².